The van der Waals surface area contributed by atoms with Crippen molar-refractivity contribution in [1.29, 1.82) is 0 Å². The Balaban J connectivity index is 1.59. The standard InChI is InChI=1S/C18H20FNO2S/c19-14-8-3-6-11-17(14)23-13-7-1-2-12-18(22)20-15-9-4-5-10-16(15)21/h3-6,8-11,21H,1-2,7,12-13H2,(H,20,22). The summed E-state index contributed by atoms with van der Waals surface area (Å²) in [5.41, 5.74) is 0.438. The van der Waals surface area contributed by atoms with E-state index in [4.69, 9.17) is 0 Å². The van der Waals surface area contributed by atoms with Crippen LogP contribution < -0.4 is 5.32 Å². The Kier molecular flexibility index (Phi) is 6.94. The van der Waals surface area contributed by atoms with E-state index in [0.717, 1.165) is 25.0 Å². The molecule has 0 aliphatic rings. The third-order valence-electron chi connectivity index (χ3n) is 3.32. The molecule has 0 atom stereocenters. The summed E-state index contributed by atoms with van der Waals surface area (Å²) in [7, 11) is 0. The fraction of sp³-hybridized carbons (Fsp3) is 0.278. The topological polar surface area (TPSA) is 49.3 Å². The number of nitrogens with one attached hydrogen (secondary N) is 1. The number of phenols is 1. The fourth-order valence-corrected chi connectivity index (χ4v) is 3.05. The number of halogens is 1. The summed E-state index contributed by atoms with van der Waals surface area (Å²) in [4.78, 5) is 12.5. The fourth-order valence-electron chi connectivity index (χ4n) is 2.10. The molecule has 0 spiro atoms. The van der Waals surface area contributed by atoms with Gasteiger partial charge in [0, 0.05) is 11.3 Å². The van der Waals surface area contributed by atoms with E-state index in [0.29, 0.717) is 17.0 Å². The average molecular weight is 333 g/mol. The van der Waals surface area contributed by atoms with Crippen LogP contribution in [0.1, 0.15) is 25.7 Å². The molecule has 0 aromatic heterocycles. The molecular weight excluding hydrogens is 313 g/mol. The van der Waals surface area contributed by atoms with Gasteiger partial charge in [-0.25, -0.2) is 4.39 Å². The zero-order valence-corrected chi connectivity index (χ0v) is 13.6. The van der Waals surface area contributed by atoms with Crippen LogP contribution in [0.2, 0.25) is 0 Å². The van der Waals surface area contributed by atoms with Gasteiger partial charge in [-0.3, -0.25) is 4.79 Å². The number of para-hydroxylation sites is 2. The highest BCUT2D eigenvalue weighted by molar-refractivity contribution is 7.99. The van der Waals surface area contributed by atoms with E-state index in [1.165, 1.54) is 23.9 Å². The van der Waals surface area contributed by atoms with Gasteiger partial charge in [-0.15, -0.1) is 11.8 Å². The summed E-state index contributed by atoms with van der Waals surface area (Å²) in [6.07, 6.45) is 3.04. The van der Waals surface area contributed by atoms with Crippen LogP contribution in [0.15, 0.2) is 53.4 Å². The van der Waals surface area contributed by atoms with Gasteiger partial charge in [0.25, 0.3) is 0 Å². The molecule has 23 heavy (non-hydrogen) atoms. The molecule has 3 nitrogen and oxygen atoms in total. The van der Waals surface area contributed by atoms with E-state index in [2.05, 4.69) is 5.32 Å². The molecule has 2 N–H and O–H groups in total. The zero-order valence-electron chi connectivity index (χ0n) is 12.8. The molecule has 2 aromatic rings. The predicted octanol–water partition coefficient (Wildman–Crippen LogP) is 4.82. The lowest BCUT2D eigenvalue weighted by Gasteiger charge is -2.07. The number of phenolic OH excluding ortho intramolecular Hbond substituents is 1. The minimum atomic E-state index is -0.181. The van der Waals surface area contributed by atoms with Crippen molar-refractivity contribution in [2.24, 2.45) is 0 Å². The summed E-state index contributed by atoms with van der Waals surface area (Å²) in [6, 6.07) is 13.4. The Labute approximate surface area is 139 Å². The molecule has 0 saturated heterocycles. The average Bonchev–Trinajstić information content (AvgIpc) is 2.54. The number of hydrogen-bond donors (Lipinski definition) is 2. The van der Waals surface area contributed by atoms with Crippen LogP contribution >= 0.6 is 11.8 Å². The van der Waals surface area contributed by atoms with E-state index < -0.39 is 0 Å². The van der Waals surface area contributed by atoms with Crippen molar-refractivity contribution in [1.82, 2.24) is 0 Å². The van der Waals surface area contributed by atoms with E-state index >= 15 is 0 Å². The zero-order chi connectivity index (χ0) is 16.5. The molecule has 2 rings (SSSR count). The Bertz CT molecular complexity index is 648. The van der Waals surface area contributed by atoms with Crippen molar-refractivity contribution >= 4 is 23.4 Å². The maximum atomic E-state index is 13.4. The number of benzene rings is 2. The highest BCUT2D eigenvalue weighted by atomic mass is 32.2. The van der Waals surface area contributed by atoms with Gasteiger partial charge in [0.2, 0.25) is 5.91 Å². The number of rotatable bonds is 8. The van der Waals surface area contributed by atoms with Gasteiger partial charge in [-0.2, -0.15) is 0 Å². The van der Waals surface area contributed by atoms with Crippen molar-refractivity contribution in [3.05, 3.63) is 54.3 Å². The number of hydrogen-bond acceptors (Lipinski definition) is 3. The molecule has 0 bridgehead atoms. The first-order valence-electron chi connectivity index (χ1n) is 7.62. The molecule has 122 valence electrons. The second-order valence-corrected chi connectivity index (χ2v) is 6.29. The summed E-state index contributed by atoms with van der Waals surface area (Å²) < 4.78 is 13.4. The van der Waals surface area contributed by atoms with Gasteiger partial charge in [-0.1, -0.05) is 30.7 Å². The highest BCUT2D eigenvalue weighted by Gasteiger charge is 2.05. The minimum absolute atomic E-state index is 0.0714. The van der Waals surface area contributed by atoms with Gasteiger partial charge in [0.15, 0.2) is 0 Å². The van der Waals surface area contributed by atoms with E-state index in [1.54, 1.807) is 30.3 Å². The molecular formula is C18H20FNO2S. The molecule has 0 aliphatic carbocycles. The van der Waals surface area contributed by atoms with Gasteiger partial charge in [0.05, 0.1) is 5.69 Å². The quantitative estimate of drug-likeness (QED) is 0.413. The number of carbonyl (C=O) groups excluding carboxylic acids is 1. The summed E-state index contributed by atoms with van der Waals surface area (Å²) >= 11 is 1.50. The van der Waals surface area contributed by atoms with Crippen molar-refractivity contribution in [2.75, 3.05) is 11.1 Å². The normalized spacial score (nSPS) is 10.5. The van der Waals surface area contributed by atoms with Gasteiger partial charge >= 0.3 is 0 Å². The third-order valence-corrected chi connectivity index (χ3v) is 4.46. The van der Waals surface area contributed by atoms with Crippen molar-refractivity contribution < 1.29 is 14.3 Å². The molecule has 2 aromatic carbocycles. The Morgan fingerprint density at radius 3 is 2.57 bits per heavy atom. The lowest BCUT2D eigenvalue weighted by molar-refractivity contribution is -0.116. The third kappa shape index (κ3) is 5.94. The monoisotopic (exact) mass is 333 g/mol. The van der Waals surface area contributed by atoms with Crippen LogP contribution in [0, 0.1) is 5.82 Å². The van der Waals surface area contributed by atoms with Crippen LogP contribution in [0.3, 0.4) is 0 Å². The van der Waals surface area contributed by atoms with Crippen molar-refractivity contribution in [2.45, 2.75) is 30.6 Å². The largest absolute Gasteiger partial charge is 0.506 e. The van der Waals surface area contributed by atoms with E-state index in [1.807, 2.05) is 6.07 Å². The second-order valence-electron chi connectivity index (χ2n) is 5.15. The van der Waals surface area contributed by atoms with E-state index in [-0.39, 0.29) is 17.5 Å². The first-order valence-corrected chi connectivity index (χ1v) is 8.60. The lowest BCUT2D eigenvalue weighted by atomic mass is 10.2. The molecule has 1 amide bonds. The Morgan fingerprint density at radius 1 is 1.04 bits per heavy atom. The Morgan fingerprint density at radius 2 is 1.78 bits per heavy atom. The summed E-state index contributed by atoms with van der Waals surface area (Å²) in [6.45, 7) is 0. The van der Waals surface area contributed by atoms with Crippen molar-refractivity contribution in [3.8, 4) is 5.75 Å². The van der Waals surface area contributed by atoms with Crippen LogP contribution in [0.4, 0.5) is 10.1 Å². The molecule has 5 heteroatoms. The molecule has 0 unspecified atom stereocenters. The first kappa shape index (κ1) is 17.3. The van der Waals surface area contributed by atoms with Gasteiger partial charge in [-0.05, 0) is 42.9 Å². The highest BCUT2D eigenvalue weighted by Crippen LogP contribution is 2.23. The molecule has 0 saturated carbocycles. The van der Waals surface area contributed by atoms with Crippen LogP contribution in [0.25, 0.3) is 0 Å². The number of thioether (sulfide) groups is 1. The maximum Gasteiger partial charge on any atom is 0.224 e. The molecule has 0 heterocycles. The smallest absolute Gasteiger partial charge is 0.224 e. The van der Waals surface area contributed by atoms with Crippen molar-refractivity contribution in [3.63, 3.8) is 0 Å². The van der Waals surface area contributed by atoms with Gasteiger partial charge < -0.3 is 10.4 Å². The van der Waals surface area contributed by atoms with Crippen LogP contribution in [0.5, 0.6) is 5.75 Å². The summed E-state index contributed by atoms with van der Waals surface area (Å²) in [5.74, 6) is 0.622. The number of unbranched alkanes of at least 4 members (excludes halogenated alkanes) is 2. The van der Waals surface area contributed by atoms with Crippen LogP contribution in [-0.4, -0.2) is 16.8 Å². The predicted molar refractivity (Wildman–Crippen MR) is 92.3 cm³/mol. The van der Waals surface area contributed by atoms with E-state index in [9.17, 15) is 14.3 Å². The molecule has 0 aliphatic heterocycles. The number of aromatic hydroxyl groups is 1. The number of amides is 1. The maximum absolute atomic E-state index is 13.4. The lowest BCUT2D eigenvalue weighted by Crippen LogP contribution is -2.11. The number of anilines is 1. The number of carbonyl (C=O) groups is 1. The van der Waals surface area contributed by atoms with Gasteiger partial charge in [0.1, 0.15) is 11.6 Å². The van der Waals surface area contributed by atoms with Crippen LogP contribution in [-0.2, 0) is 4.79 Å². The SMILES string of the molecule is O=C(CCCCCSc1ccccc1F)Nc1ccccc1O. The second kappa shape index (κ2) is 9.20. The molecule has 0 radical (unpaired) electrons. The first-order chi connectivity index (χ1) is 11.2. The Hall–Kier alpha value is -2.01. The molecule has 0 fully saturated rings. The summed E-state index contributed by atoms with van der Waals surface area (Å²) in [5, 5.41) is 12.3. The minimum Gasteiger partial charge on any atom is -0.506 e.